The molecule has 0 aromatic heterocycles. The van der Waals surface area contributed by atoms with E-state index in [1.54, 1.807) is 0 Å². The molecule has 2 atom stereocenters. The fraction of sp³-hybridized carbons (Fsp3) is 1.00. The summed E-state index contributed by atoms with van der Waals surface area (Å²) in [4.78, 5) is 0. The maximum absolute atomic E-state index is 5.43. The van der Waals surface area contributed by atoms with Gasteiger partial charge in [-0.1, -0.05) is 29.0 Å². The van der Waals surface area contributed by atoms with Gasteiger partial charge in [0.2, 0.25) is 0 Å². The molecule has 1 rings (SSSR count). The zero-order valence-electron chi connectivity index (χ0n) is 9.80. The second-order valence-electron chi connectivity index (χ2n) is 4.43. The van der Waals surface area contributed by atoms with Crippen LogP contribution in [0.3, 0.4) is 0 Å². The Morgan fingerprint density at radius 1 is 1.27 bits per heavy atom. The normalized spacial score (nSPS) is 26.8. The summed E-state index contributed by atoms with van der Waals surface area (Å²) in [5.41, 5.74) is 0. The van der Waals surface area contributed by atoms with Gasteiger partial charge in [-0.3, -0.25) is 0 Å². The first-order chi connectivity index (χ1) is 7.36. The third-order valence-corrected chi connectivity index (χ3v) is 3.97. The van der Waals surface area contributed by atoms with Gasteiger partial charge >= 0.3 is 0 Å². The maximum Gasteiger partial charge on any atom is 0.0586 e. The molecule has 3 heteroatoms. The van der Waals surface area contributed by atoms with E-state index in [0.29, 0.717) is 12.1 Å². The first-order valence-electron chi connectivity index (χ1n) is 6.19. The summed E-state index contributed by atoms with van der Waals surface area (Å²) in [6.07, 6.45) is 9.70. The summed E-state index contributed by atoms with van der Waals surface area (Å²) in [6.45, 7) is 1.19. The summed E-state index contributed by atoms with van der Waals surface area (Å²) in [6, 6.07) is 0.711. The molecule has 15 heavy (non-hydrogen) atoms. The van der Waals surface area contributed by atoms with E-state index in [0.717, 1.165) is 0 Å². The van der Waals surface area contributed by atoms with E-state index < -0.39 is 0 Å². The Morgan fingerprint density at radius 2 is 2.13 bits per heavy atom. The Balaban J connectivity index is 2.00. The van der Waals surface area contributed by atoms with Crippen molar-refractivity contribution in [1.82, 2.24) is 5.32 Å². The molecule has 0 bridgehead atoms. The smallest absolute Gasteiger partial charge is 0.0586 e. The minimum atomic E-state index is 0.505. The molecule has 1 aliphatic rings. The van der Waals surface area contributed by atoms with Crippen molar-refractivity contribution >= 4 is 22.6 Å². The molecule has 0 spiro atoms. The Bertz CT molecular complexity index is 155. The molecular weight excluding hydrogens is 301 g/mol. The van der Waals surface area contributed by atoms with Crippen molar-refractivity contribution in [1.29, 1.82) is 0 Å². The molecule has 0 aliphatic heterocycles. The SMILES string of the molecule is COC1CCCC(NCCCCCI)C1. The number of nitrogens with one attached hydrogen (secondary N) is 1. The van der Waals surface area contributed by atoms with Crippen LogP contribution < -0.4 is 5.32 Å². The second-order valence-corrected chi connectivity index (χ2v) is 5.50. The van der Waals surface area contributed by atoms with Gasteiger partial charge in [-0.2, -0.15) is 0 Å². The van der Waals surface area contributed by atoms with E-state index >= 15 is 0 Å². The molecule has 1 saturated carbocycles. The van der Waals surface area contributed by atoms with Crippen molar-refractivity contribution in [2.75, 3.05) is 18.1 Å². The van der Waals surface area contributed by atoms with E-state index in [1.807, 2.05) is 7.11 Å². The van der Waals surface area contributed by atoms with Gasteiger partial charge < -0.3 is 10.1 Å². The van der Waals surface area contributed by atoms with Crippen molar-refractivity contribution in [3.63, 3.8) is 0 Å². The minimum Gasteiger partial charge on any atom is -0.381 e. The summed E-state index contributed by atoms with van der Waals surface area (Å²) >= 11 is 2.45. The molecule has 90 valence electrons. The molecule has 1 N–H and O–H groups in total. The van der Waals surface area contributed by atoms with Gasteiger partial charge in [-0.15, -0.1) is 0 Å². The number of hydrogen-bond acceptors (Lipinski definition) is 2. The molecule has 1 aliphatic carbocycles. The first kappa shape index (κ1) is 13.7. The van der Waals surface area contributed by atoms with Crippen LogP contribution in [0.25, 0.3) is 0 Å². The lowest BCUT2D eigenvalue weighted by Gasteiger charge is -2.28. The molecule has 1 fully saturated rings. The lowest BCUT2D eigenvalue weighted by molar-refractivity contribution is 0.0589. The lowest BCUT2D eigenvalue weighted by Crippen LogP contribution is -2.37. The van der Waals surface area contributed by atoms with Crippen molar-refractivity contribution in [2.45, 2.75) is 57.1 Å². The topological polar surface area (TPSA) is 21.3 Å². The predicted molar refractivity (Wildman–Crippen MR) is 73.8 cm³/mol. The average molecular weight is 325 g/mol. The standard InChI is InChI=1S/C12H24INO/c1-15-12-7-5-6-11(10-12)14-9-4-2-3-8-13/h11-12,14H,2-10H2,1H3. The van der Waals surface area contributed by atoms with Gasteiger partial charge in [0, 0.05) is 13.2 Å². The van der Waals surface area contributed by atoms with E-state index in [-0.39, 0.29) is 0 Å². The number of unbranched alkanes of at least 4 members (excludes halogenated alkanes) is 2. The molecule has 2 unspecified atom stereocenters. The van der Waals surface area contributed by atoms with Gasteiger partial charge in [0.1, 0.15) is 0 Å². The highest BCUT2D eigenvalue weighted by Gasteiger charge is 2.20. The van der Waals surface area contributed by atoms with Crippen LogP contribution in [-0.4, -0.2) is 30.2 Å². The predicted octanol–water partition coefficient (Wildman–Crippen LogP) is 3.14. The molecule has 0 heterocycles. The van der Waals surface area contributed by atoms with Crippen LogP contribution in [0.2, 0.25) is 0 Å². The number of alkyl halides is 1. The van der Waals surface area contributed by atoms with Crippen molar-refractivity contribution in [2.24, 2.45) is 0 Å². The van der Waals surface area contributed by atoms with E-state index in [9.17, 15) is 0 Å². The Kier molecular flexibility index (Phi) is 8.01. The van der Waals surface area contributed by atoms with Crippen LogP contribution in [0.1, 0.15) is 44.9 Å². The van der Waals surface area contributed by atoms with Crippen LogP contribution in [0.5, 0.6) is 0 Å². The third kappa shape index (κ3) is 6.07. The van der Waals surface area contributed by atoms with Crippen LogP contribution in [0, 0.1) is 0 Å². The Morgan fingerprint density at radius 3 is 2.87 bits per heavy atom. The summed E-state index contributed by atoms with van der Waals surface area (Å²) < 4.78 is 6.72. The van der Waals surface area contributed by atoms with Gasteiger partial charge in [-0.25, -0.2) is 0 Å². The monoisotopic (exact) mass is 325 g/mol. The number of ether oxygens (including phenoxy) is 1. The minimum absolute atomic E-state index is 0.505. The van der Waals surface area contributed by atoms with Crippen molar-refractivity contribution < 1.29 is 4.74 Å². The second kappa shape index (κ2) is 8.76. The zero-order chi connectivity index (χ0) is 10.9. The largest absolute Gasteiger partial charge is 0.381 e. The van der Waals surface area contributed by atoms with Crippen LogP contribution in [0.15, 0.2) is 0 Å². The summed E-state index contributed by atoms with van der Waals surface area (Å²) in [5.74, 6) is 0. The first-order valence-corrected chi connectivity index (χ1v) is 7.71. The molecule has 0 saturated heterocycles. The fourth-order valence-electron chi connectivity index (χ4n) is 2.25. The highest BCUT2D eigenvalue weighted by atomic mass is 127. The number of halogens is 1. The van der Waals surface area contributed by atoms with E-state index in [1.165, 1.54) is 55.9 Å². The van der Waals surface area contributed by atoms with Gasteiger partial charge in [0.25, 0.3) is 0 Å². The third-order valence-electron chi connectivity index (χ3n) is 3.20. The van der Waals surface area contributed by atoms with Gasteiger partial charge in [0.05, 0.1) is 6.10 Å². The molecule has 0 amide bonds. The molecule has 0 aromatic carbocycles. The number of rotatable bonds is 7. The highest BCUT2D eigenvalue weighted by molar-refractivity contribution is 14.1. The van der Waals surface area contributed by atoms with E-state index in [2.05, 4.69) is 27.9 Å². The van der Waals surface area contributed by atoms with Gasteiger partial charge in [-0.05, 0) is 49.5 Å². The van der Waals surface area contributed by atoms with E-state index in [4.69, 9.17) is 4.74 Å². The van der Waals surface area contributed by atoms with Crippen molar-refractivity contribution in [3.05, 3.63) is 0 Å². The zero-order valence-corrected chi connectivity index (χ0v) is 12.0. The molecule has 2 nitrogen and oxygen atoms in total. The maximum atomic E-state index is 5.43. The molecule has 0 radical (unpaired) electrons. The lowest BCUT2D eigenvalue weighted by atomic mass is 9.93. The number of hydrogen-bond donors (Lipinski definition) is 1. The van der Waals surface area contributed by atoms with Crippen molar-refractivity contribution in [3.8, 4) is 0 Å². The average Bonchev–Trinajstić information content (AvgIpc) is 2.29. The Hall–Kier alpha value is 0.650. The highest BCUT2D eigenvalue weighted by Crippen LogP contribution is 2.20. The molecule has 0 aromatic rings. The van der Waals surface area contributed by atoms with Gasteiger partial charge in [0.15, 0.2) is 0 Å². The fourth-order valence-corrected chi connectivity index (χ4v) is 2.79. The van der Waals surface area contributed by atoms with Crippen LogP contribution in [0.4, 0.5) is 0 Å². The van der Waals surface area contributed by atoms with Crippen LogP contribution in [-0.2, 0) is 4.74 Å². The Labute approximate surface area is 108 Å². The molecular formula is C12H24INO. The number of methoxy groups -OCH3 is 1. The quantitative estimate of drug-likeness (QED) is 0.441. The summed E-state index contributed by atoms with van der Waals surface area (Å²) in [5, 5.41) is 3.66. The van der Waals surface area contributed by atoms with Crippen LogP contribution >= 0.6 is 22.6 Å². The summed E-state index contributed by atoms with van der Waals surface area (Å²) in [7, 11) is 1.84.